The molecule has 1 atom stereocenters. The lowest BCUT2D eigenvalue weighted by Gasteiger charge is -2.21. The van der Waals surface area contributed by atoms with Gasteiger partial charge < -0.3 is 15.2 Å². The number of aliphatic hydroxyl groups excluding tert-OH is 1. The number of aryl methyl sites for hydroxylation is 1. The number of amides is 3. The standard InChI is InChI=1S/C17H22N2O4/c1-12-5-4-6-14(9-12)23-11-13(20)10-19-15(21)17(18-16(19)22)7-2-3-8-17/h4-6,9,13,20H,2-3,7-8,10-11H2,1H3,(H,18,22). The first-order valence-corrected chi connectivity index (χ1v) is 8.02. The average molecular weight is 318 g/mol. The summed E-state index contributed by atoms with van der Waals surface area (Å²) in [7, 11) is 0. The lowest BCUT2D eigenvalue weighted by Crippen LogP contribution is -2.45. The van der Waals surface area contributed by atoms with Gasteiger partial charge in [-0.05, 0) is 37.5 Å². The minimum absolute atomic E-state index is 0.0352. The molecule has 1 aromatic carbocycles. The number of hydrogen-bond acceptors (Lipinski definition) is 4. The summed E-state index contributed by atoms with van der Waals surface area (Å²) in [6, 6.07) is 7.09. The molecule has 6 heteroatoms. The Balaban J connectivity index is 1.56. The maximum absolute atomic E-state index is 12.5. The monoisotopic (exact) mass is 318 g/mol. The van der Waals surface area contributed by atoms with Gasteiger partial charge in [0.05, 0.1) is 6.54 Å². The van der Waals surface area contributed by atoms with Gasteiger partial charge in [0, 0.05) is 0 Å². The number of urea groups is 1. The van der Waals surface area contributed by atoms with Crippen LogP contribution in [0.15, 0.2) is 24.3 Å². The lowest BCUT2D eigenvalue weighted by molar-refractivity contribution is -0.132. The van der Waals surface area contributed by atoms with Crippen LogP contribution in [-0.4, -0.2) is 46.7 Å². The van der Waals surface area contributed by atoms with Gasteiger partial charge in [0.2, 0.25) is 0 Å². The number of carbonyl (C=O) groups excluding carboxylic acids is 2. The maximum Gasteiger partial charge on any atom is 0.325 e. The van der Waals surface area contributed by atoms with Crippen molar-refractivity contribution in [2.75, 3.05) is 13.2 Å². The van der Waals surface area contributed by atoms with Crippen LogP contribution in [0.25, 0.3) is 0 Å². The van der Waals surface area contributed by atoms with Crippen molar-refractivity contribution in [2.45, 2.75) is 44.2 Å². The first-order valence-electron chi connectivity index (χ1n) is 8.02. The van der Waals surface area contributed by atoms with Crippen molar-refractivity contribution in [2.24, 2.45) is 0 Å². The van der Waals surface area contributed by atoms with Gasteiger partial charge in [-0.3, -0.25) is 9.69 Å². The van der Waals surface area contributed by atoms with Gasteiger partial charge in [-0.1, -0.05) is 25.0 Å². The Labute approximate surface area is 135 Å². The predicted octanol–water partition coefficient (Wildman–Crippen LogP) is 1.60. The summed E-state index contributed by atoms with van der Waals surface area (Å²) >= 11 is 0. The Morgan fingerprint density at radius 3 is 2.78 bits per heavy atom. The quantitative estimate of drug-likeness (QED) is 0.808. The molecule has 0 aromatic heterocycles. The zero-order valence-electron chi connectivity index (χ0n) is 13.2. The van der Waals surface area contributed by atoms with E-state index in [4.69, 9.17) is 4.74 Å². The van der Waals surface area contributed by atoms with Crippen molar-refractivity contribution in [3.8, 4) is 5.75 Å². The third kappa shape index (κ3) is 3.17. The summed E-state index contributed by atoms with van der Waals surface area (Å²) < 4.78 is 5.53. The van der Waals surface area contributed by atoms with Crippen LogP contribution in [0, 0.1) is 6.92 Å². The van der Waals surface area contributed by atoms with E-state index >= 15 is 0 Å². The summed E-state index contributed by atoms with van der Waals surface area (Å²) in [5, 5.41) is 12.9. The number of benzene rings is 1. The molecule has 6 nitrogen and oxygen atoms in total. The largest absolute Gasteiger partial charge is 0.491 e. The van der Waals surface area contributed by atoms with E-state index in [2.05, 4.69) is 5.32 Å². The van der Waals surface area contributed by atoms with Crippen LogP contribution in [-0.2, 0) is 4.79 Å². The van der Waals surface area contributed by atoms with Gasteiger partial charge in [0.1, 0.15) is 24.0 Å². The topological polar surface area (TPSA) is 78.9 Å². The highest BCUT2D eigenvalue weighted by atomic mass is 16.5. The number of rotatable bonds is 5. The van der Waals surface area contributed by atoms with Crippen LogP contribution in [0.4, 0.5) is 4.79 Å². The van der Waals surface area contributed by atoms with Crippen LogP contribution in [0.2, 0.25) is 0 Å². The second kappa shape index (κ2) is 6.20. The van der Waals surface area contributed by atoms with Crippen LogP contribution in [0.5, 0.6) is 5.75 Å². The molecule has 2 fully saturated rings. The fraction of sp³-hybridized carbons (Fsp3) is 0.529. The molecule has 124 valence electrons. The maximum atomic E-state index is 12.5. The number of nitrogens with zero attached hydrogens (tertiary/aromatic N) is 1. The van der Waals surface area contributed by atoms with Crippen molar-refractivity contribution in [1.29, 1.82) is 0 Å². The zero-order chi connectivity index (χ0) is 16.4. The van der Waals surface area contributed by atoms with E-state index in [9.17, 15) is 14.7 Å². The molecule has 1 aliphatic carbocycles. The summed E-state index contributed by atoms with van der Waals surface area (Å²) in [6.07, 6.45) is 2.34. The number of hydrogen-bond donors (Lipinski definition) is 2. The van der Waals surface area contributed by atoms with E-state index in [0.717, 1.165) is 23.3 Å². The number of β-amino-alcohol motifs (C(OH)–C–C–N with tert-alkyl or cyclic N) is 1. The molecule has 23 heavy (non-hydrogen) atoms. The number of imide groups is 1. The molecule has 1 aromatic rings. The average Bonchev–Trinajstić information content (AvgIpc) is 3.07. The van der Waals surface area contributed by atoms with E-state index in [1.807, 2.05) is 25.1 Å². The Hall–Kier alpha value is -2.08. The second-order valence-corrected chi connectivity index (χ2v) is 6.42. The molecule has 3 amide bonds. The summed E-state index contributed by atoms with van der Waals surface area (Å²) in [4.78, 5) is 25.6. The van der Waals surface area contributed by atoms with Crippen molar-refractivity contribution < 1.29 is 19.4 Å². The molecule has 1 saturated carbocycles. The molecular formula is C17H22N2O4. The van der Waals surface area contributed by atoms with Crippen LogP contribution in [0.3, 0.4) is 0 Å². The van der Waals surface area contributed by atoms with E-state index in [1.54, 1.807) is 6.07 Å². The van der Waals surface area contributed by atoms with E-state index in [0.29, 0.717) is 18.6 Å². The Morgan fingerprint density at radius 1 is 1.35 bits per heavy atom. The van der Waals surface area contributed by atoms with E-state index in [-0.39, 0.29) is 19.1 Å². The van der Waals surface area contributed by atoms with Crippen molar-refractivity contribution in [1.82, 2.24) is 10.2 Å². The highest BCUT2D eigenvalue weighted by molar-refractivity contribution is 6.07. The Bertz CT molecular complexity index is 610. The molecule has 1 spiro atoms. The second-order valence-electron chi connectivity index (χ2n) is 6.42. The minimum atomic E-state index is -0.915. The molecule has 3 rings (SSSR count). The first kappa shape index (κ1) is 15.8. The number of ether oxygens (including phenoxy) is 1. The lowest BCUT2D eigenvalue weighted by atomic mass is 9.98. The van der Waals surface area contributed by atoms with Crippen LogP contribution < -0.4 is 10.1 Å². The molecule has 1 unspecified atom stereocenters. The van der Waals surface area contributed by atoms with Crippen LogP contribution >= 0.6 is 0 Å². The molecule has 0 radical (unpaired) electrons. The number of nitrogens with one attached hydrogen (secondary N) is 1. The van der Waals surface area contributed by atoms with Gasteiger partial charge in [0.25, 0.3) is 5.91 Å². The predicted molar refractivity (Wildman–Crippen MR) is 84.1 cm³/mol. The molecule has 0 bridgehead atoms. The number of carbonyl (C=O) groups is 2. The molecule has 1 heterocycles. The highest BCUT2D eigenvalue weighted by Crippen LogP contribution is 2.35. The summed E-state index contributed by atoms with van der Waals surface area (Å²) in [6.45, 7) is 1.95. The molecule has 2 aliphatic rings. The van der Waals surface area contributed by atoms with Crippen LogP contribution in [0.1, 0.15) is 31.2 Å². The molecule has 1 aliphatic heterocycles. The third-order valence-corrected chi connectivity index (χ3v) is 4.53. The fourth-order valence-electron chi connectivity index (χ4n) is 3.32. The SMILES string of the molecule is Cc1cccc(OCC(O)CN2C(=O)NC3(CCCC3)C2=O)c1. The van der Waals surface area contributed by atoms with Gasteiger partial charge in [0.15, 0.2) is 0 Å². The smallest absolute Gasteiger partial charge is 0.325 e. The summed E-state index contributed by atoms with van der Waals surface area (Å²) in [5.74, 6) is 0.447. The zero-order valence-corrected chi connectivity index (χ0v) is 13.2. The minimum Gasteiger partial charge on any atom is -0.491 e. The normalized spacial score (nSPS) is 20.9. The van der Waals surface area contributed by atoms with Crippen molar-refractivity contribution >= 4 is 11.9 Å². The van der Waals surface area contributed by atoms with Crippen molar-refractivity contribution in [3.63, 3.8) is 0 Å². The fourth-order valence-corrected chi connectivity index (χ4v) is 3.32. The Morgan fingerprint density at radius 2 is 2.09 bits per heavy atom. The molecular weight excluding hydrogens is 296 g/mol. The molecule has 2 N–H and O–H groups in total. The summed E-state index contributed by atoms with van der Waals surface area (Å²) in [5.41, 5.74) is 0.336. The number of aliphatic hydroxyl groups is 1. The van der Waals surface area contributed by atoms with E-state index < -0.39 is 17.7 Å². The van der Waals surface area contributed by atoms with Gasteiger partial charge >= 0.3 is 6.03 Å². The van der Waals surface area contributed by atoms with E-state index in [1.165, 1.54) is 0 Å². The van der Waals surface area contributed by atoms with Gasteiger partial charge in [-0.25, -0.2) is 4.79 Å². The highest BCUT2D eigenvalue weighted by Gasteiger charge is 2.52. The first-order chi connectivity index (χ1) is 11.0. The van der Waals surface area contributed by atoms with Gasteiger partial charge in [-0.2, -0.15) is 0 Å². The third-order valence-electron chi connectivity index (χ3n) is 4.53. The Kier molecular flexibility index (Phi) is 4.26. The molecule has 1 saturated heterocycles. The van der Waals surface area contributed by atoms with Gasteiger partial charge in [-0.15, -0.1) is 0 Å². The van der Waals surface area contributed by atoms with Crippen molar-refractivity contribution in [3.05, 3.63) is 29.8 Å².